The molecule has 8 nitrogen and oxygen atoms in total. The molecular formula is C21H23N5O3S. The van der Waals surface area contributed by atoms with Crippen molar-refractivity contribution in [3.8, 4) is 11.4 Å². The van der Waals surface area contributed by atoms with Gasteiger partial charge >= 0.3 is 0 Å². The minimum Gasteiger partial charge on any atom is -0.469 e. The number of nitrogens with one attached hydrogen (secondary N) is 1. The number of thioether (sulfide) groups is 1. The summed E-state index contributed by atoms with van der Waals surface area (Å²) in [6.07, 6.45) is 1.88. The topological polar surface area (TPSA) is 93.3 Å². The van der Waals surface area contributed by atoms with Gasteiger partial charge in [0.1, 0.15) is 5.76 Å². The van der Waals surface area contributed by atoms with Crippen LogP contribution in [0.15, 0.2) is 46.2 Å². The standard InChI is InChI=1S/C21H23N5O3S/c1-4-25-20(15-9-10-29-14(15)3)23-24-21(25)30-12-19(28)26-13(2)11-18(27)22-16-7-5-6-8-17(16)26/h5-10,13H,4,11-12H2,1-3H3,(H,22,27)/t13-/m1/s1. The minimum absolute atomic E-state index is 0.0804. The molecule has 3 aromatic rings. The molecule has 0 radical (unpaired) electrons. The van der Waals surface area contributed by atoms with Crippen molar-refractivity contribution >= 4 is 35.0 Å². The highest BCUT2D eigenvalue weighted by atomic mass is 32.2. The van der Waals surface area contributed by atoms with Gasteiger partial charge in [0.25, 0.3) is 0 Å². The maximum atomic E-state index is 13.2. The van der Waals surface area contributed by atoms with Gasteiger partial charge in [0, 0.05) is 19.0 Å². The molecule has 1 aromatic carbocycles. The zero-order chi connectivity index (χ0) is 21.3. The number of hydrogen-bond acceptors (Lipinski definition) is 6. The molecule has 0 spiro atoms. The summed E-state index contributed by atoms with van der Waals surface area (Å²) in [6, 6.07) is 9.00. The highest BCUT2D eigenvalue weighted by Crippen LogP contribution is 2.33. The number of aromatic nitrogens is 3. The van der Waals surface area contributed by atoms with E-state index >= 15 is 0 Å². The Morgan fingerprint density at radius 1 is 1.30 bits per heavy atom. The highest BCUT2D eigenvalue weighted by molar-refractivity contribution is 7.99. The lowest BCUT2D eigenvalue weighted by Gasteiger charge is -2.27. The molecule has 30 heavy (non-hydrogen) atoms. The number of para-hydroxylation sites is 2. The molecule has 0 aliphatic carbocycles. The number of carbonyl (C=O) groups excluding carboxylic acids is 2. The van der Waals surface area contributed by atoms with Gasteiger partial charge < -0.3 is 19.2 Å². The van der Waals surface area contributed by atoms with E-state index in [4.69, 9.17) is 4.42 Å². The Morgan fingerprint density at radius 3 is 2.83 bits per heavy atom. The van der Waals surface area contributed by atoms with Gasteiger partial charge in [0.05, 0.1) is 29.0 Å². The Labute approximate surface area is 178 Å². The number of hydrogen-bond donors (Lipinski definition) is 1. The Hall–Kier alpha value is -3.07. The van der Waals surface area contributed by atoms with Gasteiger partial charge in [-0.15, -0.1) is 10.2 Å². The fourth-order valence-corrected chi connectivity index (χ4v) is 4.52. The Kier molecular flexibility index (Phi) is 5.63. The molecule has 2 amide bonds. The first-order valence-electron chi connectivity index (χ1n) is 9.81. The molecule has 0 saturated heterocycles. The number of carbonyl (C=O) groups is 2. The molecule has 0 fully saturated rings. The van der Waals surface area contributed by atoms with E-state index in [2.05, 4.69) is 15.5 Å². The first-order valence-corrected chi connectivity index (χ1v) is 10.8. The molecule has 1 aliphatic heterocycles. The van der Waals surface area contributed by atoms with Crippen LogP contribution in [0.4, 0.5) is 11.4 Å². The average molecular weight is 426 g/mol. The van der Waals surface area contributed by atoms with Crippen LogP contribution in [-0.2, 0) is 16.1 Å². The van der Waals surface area contributed by atoms with Gasteiger partial charge in [-0.3, -0.25) is 9.59 Å². The van der Waals surface area contributed by atoms with Gasteiger partial charge in [-0.05, 0) is 39.0 Å². The van der Waals surface area contributed by atoms with Crippen LogP contribution in [0.2, 0.25) is 0 Å². The number of nitrogens with zero attached hydrogens (tertiary/aromatic N) is 4. The summed E-state index contributed by atoms with van der Waals surface area (Å²) in [5.74, 6) is 1.51. The van der Waals surface area contributed by atoms with Crippen LogP contribution >= 0.6 is 11.8 Å². The lowest BCUT2D eigenvalue weighted by molar-refractivity contribution is -0.117. The Morgan fingerprint density at radius 2 is 2.10 bits per heavy atom. The third-order valence-electron chi connectivity index (χ3n) is 5.09. The van der Waals surface area contributed by atoms with Gasteiger partial charge in [-0.25, -0.2) is 0 Å². The fraction of sp³-hybridized carbons (Fsp3) is 0.333. The van der Waals surface area contributed by atoms with Crippen LogP contribution in [0.1, 0.15) is 26.0 Å². The maximum absolute atomic E-state index is 13.2. The van der Waals surface area contributed by atoms with Crippen LogP contribution in [0.25, 0.3) is 11.4 Å². The summed E-state index contributed by atoms with van der Waals surface area (Å²) in [4.78, 5) is 27.0. The zero-order valence-electron chi connectivity index (χ0n) is 17.1. The fourth-order valence-electron chi connectivity index (χ4n) is 3.66. The quantitative estimate of drug-likeness (QED) is 0.626. The molecule has 1 atom stereocenters. The van der Waals surface area contributed by atoms with Crippen molar-refractivity contribution in [3.05, 3.63) is 42.4 Å². The lowest BCUT2D eigenvalue weighted by atomic mass is 10.2. The van der Waals surface area contributed by atoms with Crippen LogP contribution in [0.5, 0.6) is 0 Å². The first kappa shape index (κ1) is 20.2. The van der Waals surface area contributed by atoms with Crippen LogP contribution < -0.4 is 10.2 Å². The van der Waals surface area contributed by atoms with Crippen molar-refractivity contribution in [2.24, 2.45) is 0 Å². The van der Waals surface area contributed by atoms with Crippen LogP contribution in [-0.4, -0.2) is 38.4 Å². The Bertz CT molecular complexity index is 1090. The highest BCUT2D eigenvalue weighted by Gasteiger charge is 2.30. The summed E-state index contributed by atoms with van der Waals surface area (Å²) in [6.45, 7) is 6.45. The van der Waals surface area contributed by atoms with Gasteiger partial charge in [-0.1, -0.05) is 23.9 Å². The molecule has 9 heteroatoms. The Balaban J connectivity index is 1.56. The first-order chi connectivity index (χ1) is 14.5. The average Bonchev–Trinajstić information content (AvgIpc) is 3.29. The largest absolute Gasteiger partial charge is 0.469 e. The number of aryl methyl sites for hydroxylation is 1. The van der Waals surface area contributed by atoms with Crippen molar-refractivity contribution in [2.45, 2.75) is 44.9 Å². The number of rotatable bonds is 5. The summed E-state index contributed by atoms with van der Waals surface area (Å²) in [7, 11) is 0. The van der Waals surface area contributed by atoms with E-state index in [0.29, 0.717) is 23.1 Å². The summed E-state index contributed by atoms with van der Waals surface area (Å²) in [5, 5.41) is 12.2. The number of furan rings is 1. The number of amides is 2. The molecule has 3 heterocycles. The van der Waals surface area contributed by atoms with Gasteiger partial charge in [0.2, 0.25) is 11.8 Å². The monoisotopic (exact) mass is 425 g/mol. The van der Waals surface area contributed by atoms with Crippen LogP contribution in [0.3, 0.4) is 0 Å². The molecule has 0 unspecified atom stereocenters. The third kappa shape index (κ3) is 3.72. The van der Waals surface area contributed by atoms with Crippen molar-refractivity contribution in [3.63, 3.8) is 0 Å². The van der Waals surface area contributed by atoms with Crippen molar-refractivity contribution < 1.29 is 14.0 Å². The molecule has 0 bridgehead atoms. The van der Waals surface area contributed by atoms with E-state index in [0.717, 1.165) is 17.1 Å². The number of benzene rings is 1. The summed E-state index contributed by atoms with van der Waals surface area (Å²) < 4.78 is 7.36. The second kappa shape index (κ2) is 8.35. The molecular weight excluding hydrogens is 402 g/mol. The normalized spacial score (nSPS) is 16.2. The van der Waals surface area contributed by atoms with Gasteiger partial charge in [-0.2, -0.15) is 0 Å². The lowest BCUT2D eigenvalue weighted by Crippen LogP contribution is -2.40. The van der Waals surface area contributed by atoms with Crippen molar-refractivity contribution in [1.29, 1.82) is 0 Å². The maximum Gasteiger partial charge on any atom is 0.237 e. The minimum atomic E-state index is -0.241. The molecule has 1 N–H and O–H groups in total. The molecule has 1 aliphatic rings. The second-order valence-corrected chi connectivity index (χ2v) is 8.05. The zero-order valence-corrected chi connectivity index (χ0v) is 17.9. The SMILES string of the molecule is CCn1c(SCC(=O)N2c3ccccc3NC(=O)C[C@H]2C)nnc1-c1ccoc1C. The third-order valence-corrected chi connectivity index (χ3v) is 6.04. The molecule has 4 rings (SSSR count). The van der Waals surface area contributed by atoms with E-state index in [-0.39, 0.29) is 30.0 Å². The van der Waals surface area contributed by atoms with E-state index < -0.39 is 0 Å². The van der Waals surface area contributed by atoms with E-state index in [1.165, 1.54) is 11.8 Å². The summed E-state index contributed by atoms with van der Waals surface area (Å²) in [5.41, 5.74) is 2.26. The molecule has 0 saturated carbocycles. The van der Waals surface area contributed by atoms with Crippen molar-refractivity contribution in [2.75, 3.05) is 16.0 Å². The molecule has 156 valence electrons. The number of anilines is 2. The predicted octanol–water partition coefficient (Wildman–Crippen LogP) is 3.72. The van der Waals surface area contributed by atoms with Gasteiger partial charge in [0.15, 0.2) is 11.0 Å². The molecule has 2 aromatic heterocycles. The summed E-state index contributed by atoms with van der Waals surface area (Å²) >= 11 is 1.34. The smallest absolute Gasteiger partial charge is 0.237 e. The van der Waals surface area contributed by atoms with E-state index in [9.17, 15) is 9.59 Å². The number of fused-ring (bicyclic) bond motifs is 1. The van der Waals surface area contributed by atoms with E-state index in [1.54, 1.807) is 11.2 Å². The van der Waals surface area contributed by atoms with E-state index in [1.807, 2.05) is 55.7 Å². The predicted molar refractivity (Wildman–Crippen MR) is 115 cm³/mol. The van der Waals surface area contributed by atoms with Crippen molar-refractivity contribution in [1.82, 2.24) is 14.8 Å². The second-order valence-electron chi connectivity index (χ2n) is 7.11. The van der Waals surface area contributed by atoms with Crippen LogP contribution in [0, 0.1) is 6.92 Å².